The van der Waals surface area contributed by atoms with E-state index in [0.717, 1.165) is 19.3 Å². The third-order valence-electron chi connectivity index (χ3n) is 4.51. The Balaban J connectivity index is 2.08. The lowest BCUT2D eigenvalue weighted by atomic mass is 9.69. The Bertz CT molecular complexity index is 423. The van der Waals surface area contributed by atoms with Gasteiger partial charge in [-0.05, 0) is 33.6 Å². The minimum Gasteiger partial charge on any atom is -0.481 e. The van der Waals surface area contributed by atoms with Crippen LogP contribution in [0, 0.1) is 5.41 Å². The van der Waals surface area contributed by atoms with E-state index in [4.69, 9.17) is 9.47 Å². The lowest BCUT2D eigenvalue weighted by Gasteiger charge is -2.44. The summed E-state index contributed by atoms with van der Waals surface area (Å²) < 4.78 is 11.2. The first kappa shape index (κ1) is 17.1. The van der Waals surface area contributed by atoms with E-state index < -0.39 is 29.2 Å². The highest BCUT2D eigenvalue weighted by atomic mass is 16.6. The van der Waals surface area contributed by atoms with Crippen LogP contribution in [0.3, 0.4) is 0 Å². The molecule has 1 aliphatic carbocycles. The van der Waals surface area contributed by atoms with Gasteiger partial charge in [-0.2, -0.15) is 0 Å². The van der Waals surface area contributed by atoms with Gasteiger partial charge in [-0.1, -0.05) is 19.3 Å². The van der Waals surface area contributed by atoms with Gasteiger partial charge in [-0.25, -0.2) is 4.79 Å². The first-order valence-corrected chi connectivity index (χ1v) is 8.07. The summed E-state index contributed by atoms with van der Waals surface area (Å²) >= 11 is 0. The third kappa shape index (κ3) is 3.72. The van der Waals surface area contributed by atoms with Crippen LogP contribution in [-0.2, 0) is 14.3 Å². The predicted molar refractivity (Wildman–Crippen MR) is 80.7 cm³/mol. The van der Waals surface area contributed by atoms with Crippen molar-refractivity contribution in [3.63, 3.8) is 0 Å². The van der Waals surface area contributed by atoms with E-state index in [2.05, 4.69) is 0 Å². The average Bonchev–Trinajstić information content (AvgIpc) is 2.46. The van der Waals surface area contributed by atoms with Gasteiger partial charge < -0.3 is 19.5 Å². The van der Waals surface area contributed by atoms with Gasteiger partial charge in [0.15, 0.2) is 0 Å². The smallest absolute Gasteiger partial charge is 0.410 e. The van der Waals surface area contributed by atoms with Gasteiger partial charge in [-0.3, -0.25) is 4.79 Å². The molecule has 1 unspecified atom stereocenters. The summed E-state index contributed by atoms with van der Waals surface area (Å²) in [6.45, 7) is 6.56. The van der Waals surface area contributed by atoms with Crippen molar-refractivity contribution >= 4 is 12.1 Å². The molecule has 2 fully saturated rings. The molecule has 0 radical (unpaired) electrons. The lowest BCUT2D eigenvalue weighted by molar-refractivity contribution is -0.170. The number of rotatable bonds is 2. The number of carbonyl (C=O) groups excluding carboxylic acids is 1. The summed E-state index contributed by atoms with van der Waals surface area (Å²) in [5, 5.41) is 9.74. The number of amides is 1. The van der Waals surface area contributed by atoms with E-state index in [9.17, 15) is 14.7 Å². The Morgan fingerprint density at radius 1 is 1.23 bits per heavy atom. The van der Waals surface area contributed by atoms with Crippen LogP contribution in [0.25, 0.3) is 0 Å². The summed E-state index contributed by atoms with van der Waals surface area (Å²) in [6.07, 6.45) is 3.27. The first-order chi connectivity index (χ1) is 10.2. The minimum atomic E-state index is -0.862. The van der Waals surface area contributed by atoms with Crippen molar-refractivity contribution in [1.82, 2.24) is 4.90 Å². The van der Waals surface area contributed by atoms with Gasteiger partial charge >= 0.3 is 12.1 Å². The highest BCUT2D eigenvalue weighted by Crippen LogP contribution is 2.42. The Morgan fingerprint density at radius 3 is 2.41 bits per heavy atom. The molecule has 2 aliphatic rings. The number of morpholine rings is 1. The van der Waals surface area contributed by atoms with Crippen LogP contribution in [0.15, 0.2) is 0 Å². The van der Waals surface area contributed by atoms with Gasteiger partial charge in [0.2, 0.25) is 0 Å². The lowest BCUT2D eigenvalue weighted by Crippen LogP contribution is -2.56. The van der Waals surface area contributed by atoms with Gasteiger partial charge in [-0.15, -0.1) is 0 Å². The minimum absolute atomic E-state index is 0.293. The van der Waals surface area contributed by atoms with E-state index in [-0.39, 0.29) is 0 Å². The Kier molecular flexibility index (Phi) is 5.00. The van der Waals surface area contributed by atoms with Crippen molar-refractivity contribution < 1.29 is 24.2 Å². The van der Waals surface area contributed by atoms with E-state index in [1.807, 2.05) is 20.8 Å². The fraction of sp³-hybridized carbons (Fsp3) is 0.875. The highest BCUT2D eigenvalue weighted by Gasteiger charge is 2.49. The van der Waals surface area contributed by atoms with Gasteiger partial charge in [0.1, 0.15) is 5.60 Å². The molecule has 0 aromatic rings. The molecule has 1 N–H and O–H groups in total. The summed E-state index contributed by atoms with van der Waals surface area (Å²) in [7, 11) is 0. The zero-order valence-corrected chi connectivity index (χ0v) is 13.8. The highest BCUT2D eigenvalue weighted by molar-refractivity contribution is 5.76. The fourth-order valence-electron chi connectivity index (χ4n) is 3.33. The summed E-state index contributed by atoms with van der Waals surface area (Å²) in [5.41, 5.74) is -1.42. The number of carbonyl (C=O) groups is 2. The van der Waals surface area contributed by atoms with E-state index in [1.165, 1.54) is 0 Å². The molecule has 126 valence electrons. The summed E-state index contributed by atoms with van der Waals surface area (Å²) in [5.74, 6) is -0.803. The number of carboxylic acid groups (broad SMARTS) is 1. The number of hydrogen-bond donors (Lipinski definition) is 1. The fourth-order valence-corrected chi connectivity index (χ4v) is 3.33. The number of hydrogen-bond acceptors (Lipinski definition) is 4. The van der Waals surface area contributed by atoms with Gasteiger partial charge in [0.25, 0.3) is 0 Å². The molecule has 22 heavy (non-hydrogen) atoms. The molecule has 6 nitrogen and oxygen atoms in total. The Labute approximate surface area is 131 Å². The molecular weight excluding hydrogens is 286 g/mol. The van der Waals surface area contributed by atoms with Crippen molar-refractivity contribution in [2.24, 2.45) is 5.41 Å². The Morgan fingerprint density at radius 2 is 1.86 bits per heavy atom. The van der Waals surface area contributed by atoms with Gasteiger partial charge in [0.05, 0.1) is 24.7 Å². The van der Waals surface area contributed by atoms with Crippen LogP contribution < -0.4 is 0 Å². The predicted octanol–water partition coefficient (Wildman–Crippen LogP) is 2.66. The summed E-state index contributed by atoms with van der Waals surface area (Å²) in [4.78, 5) is 25.7. The van der Waals surface area contributed by atoms with Crippen molar-refractivity contribution in [3.05, 3.63) is 0 Å². The van der Waals surface area contributed by atoms with Crippen LogP contribution in [0.1, 0.15) is 52.9 Å². The molecule has 1 amide bonds. The second-order valence-corrected chi connectivity index (χ2v) is 7.31. The molecular formula is C16H27NO5. The quantitative estimate of drug-likeness (QED) is 0.848. The van der Waals surface area contributed by atoms with Crippen LogP contribution in [0.5, 0.6) is 0 Å². The van der Waals surface area contributed by atoms with Crippen LogP contribution in [0.2, 0.25) is 0 Å². The largest absolute Gasteiger partial charge is 0.481 e. The van der Waals surface area contributed by atoms with Crippen molar-refractivity contribution in [3.8, 4) is 0 Å². The van der Waals surface area contributed by atoms with Crippen LogP contribution in [-0.4, -0.2) is 53.5 Å². The average molecular weight is 313 g/mol. The molecule has 1 heterocycles. The van der Waals surface area contributed by atoms with E-state index >= 15 is 0 Å². The molecule has 6 heteroatoms. The zero-order chi connectivity index (χ0) is 16.4. The normalized spacial score (nSPS) is 25.6. The van der Waals surface area contributed by atoms with Crippen molar-refractivity contribution in [2.45, 2.75) is 64.6 Å². The summed E-state index contributed by atoms with van der Waals surface area (Å²) in [6, 6.07) is 0. The second-order valence-electron chi connectivity index (χ2n) is 7.31. The van der Waals surface area contributed by atoms with Crippen LogP contribution in [0.4, 0.5) is 4.79 Å². The third-order valence-corrected chi connectivity index (χ3v) is 4.51. The molecule has 1 saturated carbocycles. The van der Waals surface area contributed by atoms with Crippen LogP contribution >= 0.6 is 0 Å². The molecule has 0 aromatic carbocycles. The first-order valence-electron chi connectivity index (χ1n) is 8.07. The maximum atomic E-state index is 12.2. The molecule has 2 rings (SSSR count). The maximum absolute atomic E-state index is 12.2. The molecule has 1 saturated heterocycles. The number of nitrogens with zero attached hydrogens (tertiary/aromatic N) is 1. The number of aliphatic carboxylic acids is 1. The van der Waals surface area contributed by atoms with Crippen molar-refractivity contribution in [2.75, 3.05) is 19.7 Å². The molecule has 1 aliphatic heterocycles. The standard InChI is InChI=1S/C16H27NO5/c1-15(2,3)22-14(20)17-9-10-21-12(11-17)16(13(18)19)7-5-4-6-8-16/h12H,4-11H2,1-3H3,(H,18,19). The molecule has 0 bridgehead atoms. The molecule has 0 spiro atoms. The van der Waals surface area contributed by atoms with Crippen molar-refractivity contribution in [1.29, 1.82) is 0 Å². The monoisotopic (exact) mass is 313 g/mol. The maximum Gasteiger partial charge on any atom is 0.410 e. The van der Waals surface area contributed by atoms with E-state index in [0.29, 0.717) is 32.5 Å². The zero-order valence-electron chi connectivity index (χ0n) is 13.8. The van der Waals surface area contributed by atoms with E-state index in [1.54, 1.807) is 4.90 Å². The molecule has 0 aromatic heterocycles. The van der Waals surface area contributed by atoms with Gasteiger partial charge in [0, 0.05) is 6.54 Å². The Hall–Kier alpha value is -1.30. The topological polar surface area (TPSA) is 76.1 Å². The molecule has 1 atom stereocenters. The number of carboxylic acids is 1. The number of ether oxygens (including phenoxy) is 2. The SMILES string of the molecule is CC(C)(C)OC(=O)N1CCOC(C2(C(=O)O)CCCCC2)C1. The second kappa shape index (κ2) is 6.44.